The number of benzene rings is 1. The number of amides is 1. The first-order valence-electron chi connectivity index (χ1n) is 7.24. The molecule has 0 unspecified atom stereocenters. The van der Waals surface area contributed by atoms with E-state index in [4.69, 9.17) is 4.74 Å². The lowest BCUT2D eigenvalue weighted by Crippen LogP contribution is -2.28. The molecule has 1 amide bonds. The van der Waals surface area contributed by atoms with Crippen LogP contribution in [0.4, 0.5) is 5.69 Å². The lowest BCUT2D eigenvalue weighted by molar-refractivity contribution is -0.120. The SMILES string of the molecule is CCN(CC)CCOCC(=O)Nc1c(C)cccc1C.Cl. The smallest absolute Gasteiger partial charge is 0.250 e. The van der Waals surface area contributed by atoms with Crippen LogP contribution in [0.3, 0.4) is 0 Å². The highest BCUT2D eigenvalue weighted by Crippen LogP contribution is 2.19. The van der Waals surface area contributed by atoms with Crippen LogP contribution in [0.5, 0.6) is 0 Å². The fourth-order valence-electron chi connectivity index (χ4n) is 2.09. The third kappa shape index (κ3) is 6.93. The minimum Gasteiger partial charge on any atom is -0.370 e. The molecule has 5 heteroatoms. The standard InChI is InChI=1S/C16H26N2O2.ClH/c1-5-18(6-2)10-11-20-12-15(19)17-16-13(3)8-7-9-14(16)4;/h7-9H,5-6,10-12H2,1-4H3,(H,17,19);1H. The Labute approximate surface area is 134 Å². The van der Waals surface area contributed by atoms with Gasteiger partial charge >= 0.3 is 0 Å². The Bertz CT molecular complexity index is 414. The van der Waals surface area contributed by atoms with Gasteiger partial charge in [-0.2, -0.15) is 0 Å². The molecule has 120 valence electrons. The molecule has 1 N–H and O–H groups in total. The van der Waals surface area contributed by atoms with Crippen molar-refractivity contribution in [3.8, 4) is 0 Å². The number of nitrogens with one attached hydrogen (secondary N) is 1. The summed E-state index contributed by atoms with van der Waals surface area (Å²) in [6.07, 6.45) is 0. The molecule has 0 fully saturated rings. The van der Waals surface area contributed by atoms with Gasteiger partial charge in [0.2, 0.25) is 5.91 Å². The zero-order chi connectivity index (χ0) is 15.0. The van der Waals surface area contributed by atoms with Gasteiger partial charge in [0, 0.05) is 12.2 Å². The minimum absolute atomic E-state index is 0. The van der Waals surface area contributed by atoms with Crippen molar-refractivity contribution in [3.05, 3.63) is 29.3 Å². The Morgan fingerprint density at radius 2 is 1.76 bits per heavy atom. The van der Waals surface area contributed by atoms with E-state index in [1.807, 2.05) is 32.0 Å². The topological polar surface area (TPSA) is 41.6 Å². The summed E-state index contributed by atoms with van der Waals surface area (Å²) in [5.74, 6) is -0.0954. The summed E-state index contributed by atoms with van der Waals surface area (Å²) in [5.41, 5.74) is 3.04. The maximum absolute atomic E-state index is 11.9. The summed E-state index contributed by atoms with van der Waals surface area (Å²) in [6, 6.07) is 5.97. The van der Waals surface area contributed by atoms with E-state index in [1.54, 1.807) is 0 Å². The number of hydrogen-bond donors (Lipinski definition) is 1. The Hall–Kier alpha value is -1.10. The van der Waals surface area contributed by atoms with E-state index in [0.717, 1.165) is 36.4 Å². The molecule has 0 aromatic heterocycles. The van der Waals surface area contributed by atoms with Crippen LogP contribution in [0.15, 0.2) is 18.2 Å². The maximum Gasteiger partial charge on any atom is 0.250 e. The van der Waals surface area contributed by atoms with Crippen LogP contribution < -0.4 is 5.32 Å². The molecule has 1 rings (SSSR count). The third-order valence-electron chi connectivity index (χ3n) is 3.42. The summed E-state index contributed by atoms with van der Waals surface area (Å²) in [6.45, 7) is 11.8. The fourth-order valence-corrected chi connectivity index (χ4v) is 2.09. The molecular formula is C16H27ClN2O2. The number of rotatable bonds is 8. The van der Waals surface area contributed by atoms with Gasteiger partial charge in [-0.05, 0) is 38.1 Å². The van der Waals surface area contributed by atoms with Crippen LogP contribution >= 0.6 is 12.4 Å². The first-order valence-corrected chi connectivity index (χ1v) is 7.24. The molecule has 0 saturated heterocycles. The molecule has 0 atom stereocenters. The van der Waals surface area contributed by atoms with Crippen LogP contribution in [0.2, 0.25) is 0 Å². The van der Waals surface area contributed by atoms with Crippen molar-refractivity contribution in [2.24, 2.45) is 0 Å². The van der Waals surface area contributed by atoms with Gasteiger partial charge in [-0.25, -0.2) is 0 Å². The maximum atomic E-state index is 11.9. The Kier molecular flexibility index (Phi) is 10.0. The van der Waals surface area contributed by atoms with Crippen LogP contribution in [-0.4, -0.2) is 43.7 Å². The van der Waals surface area contributed by atoms with Gasteiger partial charge in [0.15, 0.2) is 0 Å². The minimum atomic E-state index is -0.0954. The number of likely N-dealkylation sites (N-methyl/N-ethyl adjacent to an activating group) is 1. The number of ether oxygens (including phenoxy) is 1. The van der Waals surface area contributed by atoms with Gasteiger partial charge in [0.1, 0.15) is 6.61 Å². The summed E-state index contributed by atoms with van der Waals surface area (Å²) in [4.78, 5) is 14.1. The van der Waals surface area contributed by atoms with E-state index in [2.05, 4.69) is 24.1 Å². The number of hydrogen-bond acceptors (Lipinski definition) is 3. The second-order valence-electron chi connectivity index (χ2n) is 4.89. The molecule has 21 heavy (non-hydrogen) atoms. The molecule has 0 aliphatic heterocycles. The average molecular weight is 315 g/mol. The number of aryl methyl sites for hydroxylation is 2. The highest BCUT2D eigenvalue weighted by atomic mass is 35.5. The first-order chi connectivity index (χ1) is 9.58. The van der Waals surface area contributed by atoms with E-state index in [-0.39, 0.29) is 24.9 Å². The number of carbonyl (C=O) groups excluding carboxylic acids is 1. The highest BCUT2D eigenvalue weighted by Gasteiger charge is 2.07. The normalized spacial score (nSPS) is 10.3. The van der Waals surface area contributed by atoms with Crippen molar-refractivity contribution in [1.82, 2.24) is 4.90 Å². The molecule has 0 aliphatic rings. The van der Waals surface area contributed by atoms with Gasteiger partial charge in [-0.1, -0.05) is 32.0 Å². The van der Waals surface area contributed by atoms with Gasteiger partial charge in [0.25, 0.3) is 0 Å². The van der Waals surface area contributed by atoms with E-state index in [0.29, 0.717) is 6.61 Å². The summed E-state index contributed by atoms with van der Waals surface area (Å²) in [7, 11) is 0. The molecule has 0 bridgehead atoms. The summed E-state index contributed by atoms with van der Waals surface area (Å²) in [5, 5.41) is 2.92. The van der Waals surface area contributed by atoms with E-state index < -0.39 is 0 Å². The number of anilines is 1. The van der Waals surface area contributed by atoms with Gasteiger partial charge in [-0.15, -0.1) is 12.4 Å². The van der Waals surface area contributed by atoms with Crippen LogP contribution in [0.25, 0.3) is 0 Å². The van der Waals surface area contributed by atoms with Crippen LogP contribution in [-0.2, 0) is 9.53 Å². The number of para-hydroxylation sites is 1. The largest absolute Gasteiger partial charge is 0.370 e. The van der Waals surface area contributed by atoms with Gasteiger partial charge in [-0.3, -0.25) is 4.79 Å². The van der Waals surface area contributed by atoms with Crippen molar-refractivity contribution in [3.63, 3.8) is 0 Å². The number of carbonyl (C=O) groups is 1. The molecule has 4 nitrogen and oxygen atoms in total. The van der Waals surface area contributed by atoms with Crippen molar-refractivity contribution in [1.29, 1.82) is 0 Å². The Morgan fingerprint density at radius 1 is 1.19 bits per heavy atom. The lowest BCUT2D eigenvalue weighted by atomic mass is 10.1. The zero-order valence-corrected chi connectivity index (χ0v) is 14.3. The van der Waals surface area contributed by atoms with Crippen molar-refractivity contribution < 1.29 is 9.53 Å². The predicted molar refractivity (Wildman–Crippen MR) is 90.4 cm³/mol. The first kappa shape index (κ1) is 19.9. The predicted octanol–water partition coefficient (Wildman–Crippen LogP) is 3.02. The molecule has 1 aromatic carbocycles. The van der Waals surface area contributed by atoms with E-state index in [9.17, 15) is 4.79 Å². The molecular weight excluding hydrogens is 288 g/mol. The molecule has 0 heterocycles. The molecule has 0 spiro atoms. The molecule has 0 saturated carbocycles. The van der Waals surface area contributed by atoms with Crippen LogP contribution in [0, 0.1) is 13.8 Å². The Morgan fingerprint density at radius 3 is 2.29 bits per heavy atom. The van der Waals surface area contributed by atoms with Gasteiger partial charge in [0.05, 0.1) is 6.61 Å². The van der Waals surface area contributed by atoms with Crippen molar-refractivity contribution >= 4 is 24.0 Å². The second kappa shape index (κ2) is 10.6. The molecule has 0 aliphatic carbocycles. The Balaban J connectivity index is 0.00000400. The molecule has 0 radical (unpaired) electrons. The summed E-state index contributed by atoms with van der Waals surface area (Å²) < 4.78 is 5.43. The quantitative estimate of drug-likeness (QED) is 0.750. The average Bonchev–Trinajstić information content (AvgIpc) is 2.43. The third-order valence-corrected chi connectivity index (χ3v) is 3.42. The number of nitrogens with zero attached hydrogens (tertiary/aromatic N) is 1. The second-order valence-corrected chi connectivity index (χ2v) is 4.89. The zero-order valence-electron chi connectivity index (χ0n) is 13.4. The van der Waals surface area contributed by atoms with E-state index >= 15 is 0 Å². The van der Waals surface area contributed by atoms with Gasteiger partial charge < -0.3 is 15.0 Å². The van der Waals surface area contributed by atoms with Crippen LogP contribution in [0.1, 0.15) is 25.0 Å². The number of halogens is 1. The molecule has 1 aromatic rings. The highest BCUT2D eigenvalue weighted by molar-refractivity contribution is 5.93. The summed E-state index contributed by atoms with van der Waals surface area (Å²) >= 11 is 0. The fraction of sp³-hybridized carbons (Fsp3) is 0.562. The monoisotopic (exact) mass is 314 g/mol. The van der Waals surface area contributed by atoms with Crippen molar-refractivity contribution in [2.45, 2.75) is 27.7 Å². The lowest BCUT2D eigenvalue weighted by Gasteiger charge is -2.17. The van der Waals surface area contributed by atoms with Crippen molar-refractivity contribution in [2.75, 3.05) is 38.2 Å². The van der Waals surface area contributed by atoms with E-state index in [1.165, 1.54) is 0 Å².